The van der Waals surface area contributed by atoms with Crippen LogP contribution in [0.3, 0.4) is 0 Å². The molecular weight excluding hydrogens is 370 g/mol. The number of anilines is 1. The van der Waals surface area contributed by atoms with Crippen LogP contribution in [0, 0.1) is 0 Å². The summed E-state index contributed by atoms with van der Waals surface area (Å²) in [6, 6.07) is 19.9. The summed E-state index contributed by atoms with van der Waals surface area (Å²) in [6.45, 7) is 0. The van der Waals surface area contributed by atoms with Gasteiger partial charge in [-0.15, -0.1) is 0 Å². The summed E-state index contributed by atoms with van der Waals surface area (Å²) in [5.41, 5.74) is 2.24. The molecule has 0 fully saturated rings. The lowest BCUT2D eigenvalue weighted by Gasteiger charge is -2.11. The molecule has 4 aromatic rings. The second-order valence-corrected chi connectivity index (χ2v) is 6.19. The molecule has 2 aromatic heterocycles. The second kappa shape index (κ2) is 7.93. The molecule has 7 heteroatoms. The van der Waals surface area contributed by atoms with Crippen LogP contribution in [0.25, 0.3) is 17.1 Å². The maximum absolute atomic E-state index is 13.1. The van der Waals surface area contributed by atoms with E-state index in [1.165, 1.54) is 0 Å². The van der Waals surface area contributed by atoms with E-state index in [0.717, 1.165) is 5.69 Å². The average molecular weight is 389 g/mol. The molecule has 0 unspecified atom stereocenters. The lowest BCUT2D eigenvalue weighted by atomic mass is 10.2. The largest absolute Gasteiger partial charge is 0.497 e. The maximum Gasteiger partial charge on any atom is 0.274 e. The number of methoxy groups -OCH3 is 2. The van der Waals surface area contributed by atoms with E-state index in [9.17, 15) is 4.79 Å². The van der Waals surface area contributed by atoms with Gasteiger partial charge in [0.25, 0.3) is 5.91 Å². The fourth-order valence-electron chi connectivity index (χ4n) is 2.93. The van der Waals surface area contributed by atoms with Crippen LogP contribution in [0.15, 0.2) is 77.4 Å². The maximum atomic E-state index is 13.1. The Hall–Kier alpha value is -4.00. The molecule has 0 atom stereocenters. The van der Waals surface area contributed by atoms with Gasteiger partial charge in [0.15, 0.2) is 5.76 Å². The molecule has 0 aliphatic carbocycles. The van der Waals surface area contributed by atoms with Gasteiger partial charge in [0.1, 0.15) is 22.9 Å². The van der Waals surface area contributed by atoms with Gasteiger partial charge in [-0.25, -0.2) is 4.68 Å². The number of rotatable bonds is 6. The van der Waals surface area contributed by atoms with E-state index < -0.39 is 0 Å². The van der Waals surface area contributed by atoms with Crippen molar-refractivity contribution in [2.24, 2.45) is 0 Å². The normalized spacial score (nSPS) is 10.6. The first-order chi connectivity index (χ1) is 14.2. The van der Waals surface area contributed by atoms with Crippen LogP contribution in [0.5, 0.6) is 11.5 Å². The Morgan fingerprint density at radius 1 is 0.966 bits per heavy atom. The monoisotopic (exact) mass is 389 g/mol. The highest BCUT2D eigenvalue weighted by Gasteiger charge is 2.19. The lowest BCUT2D eigenvalue weighted by molar-refractivity contribution is 0.101. The molecule has 0 saturated heterocycles. The van der Waals surface area contributed by atoms with Gasteiger partial charge in [0, 0.05) is 30.0 Å². The summed E-state index contributed by atoms with van der Waals surface area (Å²) in [6.07, 6.45) is 1.57. The zero-order chi connectivity index (χ0) is 20.2. The van der Waals surface area contributed by atoms with Crippen molar-refractivity contribution in [2.75, 3.05) is 19.5 Å². The number of carbonyl (C=O) groups excluding carboxylic acids is 1. The molecule has 0 radical (unpaired) electrons. The number of hydrogen-bond acceptors (Lipinski definition) is 5. The van der Waals surface area contributed by atoms with Crippen molar-refractivity contribution in [3.8, 4) is 28.6 Å². The molecule has 4 rings (SSSR count). The third-order valence-corrected chi connectivity index (χ3v) is 4.33. The minimum Gasteiger partial charge on any atom is -0.497 e. The van der Waals surface area contributed by atoms with Crippen LogP contribution in [0.1, 0.15) is 10.5 Å². The van der Waals surface area contributed by atoms with Crippen molar-refractivity contribution in [1.29, 1.82) is 0 Å². The first kappa shape index (κ1) is 18.4. The molecule has 0 bridgehead atoms. The van der Waals surface area contributed by atoms with Gasteiger partial charge in [-0.2, -0.15) is 5.10 Å². The lowest BCUT2D eigenvalue weighted by Crippen LogP contribution is -2.17. The van der Waals surface area contributed by atoms with Gasteiger partial charge in [-0.3, -0.25) is 4.79 Å². The minimum absolute atomic E-state index is 0.325. The average Bonchev–Trinajstić information content (AvgIpc) is 3.44. The Morgan fingerprint density at radius 3 is 2.31 bits per heavy atom. The number of para-hydroxylation sites is 1. The molecule has 2 heterocycles. The Morgan fingerprint density at radius 2 is 1.69 bits per heavy atom. The van der Waals surface area contributed by atoms with Crippen molar-refractivity contribution in [2.45, 2.75) is 0 Å². The SMILES string of the molecule is COc1cc(NC(=O)c2cc(-c3ccco3)nn2-c2ccccc2)cc(OC)c1. The number of hydrogen-bond donors (Lipinski definition) is 1. The Balaban J connectivity index is 1.73. The van der Waals surface area contributed by atoms with E-state index >= 15 is 0 Å². The van der Waals surface area contributed by atoms with Gasteiger partial charge < -0.3 is 19.2 Å². The van der Waals surface area contributed by atoms with Gasteiger partial charge in [-0.05, 0) is 24.3 Å². The summed E-state index contributed by atoms with van der Waals surface area (Å²) >= 11 is 0. The number of nitrogens with zero attached hydrogens (tertiary/aromatic N) is 2. The summed E-state index contributed by atoms with van der Waals surface area (Å²) < 4.78 is 17.6. The number of benzene rings is 2. The number of amides is 1. The predicted molar refractivity (Wildman–Crippen MR) is 109 cm³/mol. The standard InChI is InChI=1S/C22H19N3O4/c1-27-17-11-15(12-18(13-17)28-2)23-22(26)20-14-19(21-9-6-10-29-21)24-25(20)16-7-4-3-5-8-16/h3-14H,1-2H3,(H,23,26). The zero-order valence-electron chi connectivity index (χ0n) is 16.0. The molecule has 0 spiro atoms. The number of furan rings is 1. The molecule has 2 aromatic carbocycles. The Labute approximate surface area is 167 Å². The topological polar surface area (TPSA) is 78.5 Å². The number of aromatic nitrogens is 2. The van der Waals surface area contributed by atoms with Crippen molar-refractivity contribution in [1.82, 2.24) is 9.78 Å². The van der Waals surface area contributed by atoms with Crippen LogP contribution >= 0.6 is 0 Å². The fraction of sp³-hybridized carbons (Fsp3) is 0.0909. The summed E-state index contributed by atoms with van der Waals surface area (Å²) in [5, 5.41) is 7.45. The second-order valence-electron chi connectivity index (χ2n) is 6.19. The van der Waals surface area contributed by atoms with Crippen LogP contribution in [0.2, 0.25) is 0 Å². The minimum atomic E-state index is -0.325. The van der Waals surface area contributed by atoms with Crippen LogP contribution in [-0.2, 0) is 0 Å². The molecule has 7 nitrogen and oxygen atoms in total. The first-order valence-electron chi connectivity index (χ1n) is 8.91. The van der Waals surface area contributed by atoms with Crippen molar-refractivity contribution >= 4 is 11.6 Å². The molecule has 1 amide bonds. The Kier molecular flexibility index (Phi) is 5.03. The molecular formula is C22H19N3O4. The number of ether oxygens (including phenoxy) is 2. The Bertz CT molecular complexity index is 1100. The van der Waals surface area contributed by atoms with Gasteiger partial charge >= 0.3 is 0 Å². The van der Waals surface area contributed by atoms with E-state index in [2.05, 4.69) is 10.4 Å². The molecule has 29 heavy (non-hydrogen) atoms. The quantitative estimate of drug-likeness (QED) is 0.529. The summed E-state index contributed by atoms with van der Waals surface area (Å²) in [5.74, 6) is 1.41. The summed E-state index contributed by atoms with van der Waals surface area (Å²) in [4.78, 5) is 13.1. The van der Waals surface area contributed by atoms with E-state index in [1.54, 1.807) is 61.6 Å². The predicted octanol–water partition coefficient (Wildman–Crippen LogP) is 4.40. The zero-order valence-corrected chi connectivity index (χ0v) is 16.0. The van der Waals surface area contributed by atoms with Crippen molar-refractivity contribution in [3.63, 3.8) is 0 Å². The number of carbonyl (C=O) groups is 1. The van der Waals surface area contributed by atoms with E-state index in [4.69, 9.17) is 13.9 Å². The molecule has 0 saturated carbocycles. The molecule has 146 valence electrons. The summed E-state index contributed by atoms with van der Waals surface area (Å²) in [7, 11) is 3.11. The highest BCUT2D eigenvalue weighted by molar-refractivity contribution is 6.04. The van der Waals surface area contributed by atoms with Gasteiger partial charge in [-0.1, -0.05) is 18.2 Å². The van der Waals surface area contributed by atoms with Gasteiger partial charge in [0.2, 0.25) is 0 Å². The molecule has 1 N–H and O–H groups in total. The van der Waals surface area contributed by atoms with E-state index in [0.29, 0.717) is 34.3 Å². The van der Waals surface area contributed by atoms with Gasteiger partial charge in [0.05, 0.1) is 26.2 Å². The van der Waals surface area contributed by atoms with Crippen molar-refractivity contribution < 1.29 is 18.7 Å². The van der Waals surface area contributed by atoms with Crippen molar-refractivity contribution in [3.05, 3.63) is 78.7 Å². The van der Waals surface area contributed by atoms with E-state index in [1.807, 2.05) is 30.3 Å². The van der Waals surface area contributed by atoms with Crippen LogP contribution < -0.4 is 14.8 Å². The van der Waals surface area contributed by atoms with Crippen LogP contribution in [-0.4, -0.2) is 29.9 Å². The molecule has 0 aliphatic heterocycles. The smallest absolute Gasteiger partial charge is 0.274 e. The third-order valence-electron chi connectivity index (χ3n) is 4.33. The molecule has 0 aliphatic rings. The fourth-order valence-corrected chi connectivity index (χ4v) is 2.93. The van der Waals surface area contributed by atoms with E-state index in [-0.39, 0.29) is 5.91 Å². The first-order valence-corrected chi connectivity index (χ1v) is 8.91. The third kappa shape index (κ3) is 3.84. The number of nitrogens with one attached hydrogen (secondary N) is 1. The highest BCUT2D eigenvalue weighted by atomic mass is 16.5. The van der Waals surface area contributed by atoms with Crippen LogP contribution in [0.4, 0.5) is 5.69 Å². The highest BCUT2D eigenvalue weighted by Crippen LogP contribution is 2.27.